The van der Waals surface area contributed by atoms with Gasteiger partial charge in [0, 0.05) is 12.3 Å². The highest BCUT2D eigenvalue weighted by Crippen LogP contribution is 2.32. The molecule has 15 heavy (non-hydrogen) atoms. The molecule has 1 saturated heterocycles. The summed E-state index contributed by atoms with van der Waals surface area (Å²) in [6.45, 7) is 5.11. The van der Waals surface area contributed by atoms with Crippen LogP contribution in [0, 0.1) is 5.92 Å². The molecule has 1 heterocycles. The number of rotatable bonds is 4. The second kappa shape index (κ2) is 5.21. The standard InChI is InChI=1S/C11H21NO2S/c1-9(2)7-12(3)11(10(13)14)5-4-6-15-8-11/h9H,4-8H2,1-3H3,(H,13,14). The average molecular weight is 231 g/mol. The Morgan fingerprint density at radius 1 is 1.60 bits per heavy atom. The minimum absolute atomic E-state index is 0.512. The first kappa shape index (κ1) is 12.8. The minimum atomic E-state index is -0.655. The number of carbonyl (C=O) groups is 1. The highest BCUT2D eigenvalue weighted by molar-refractivity contribution is 7.99. The predicted molar refractivity (Wildman–Crippen MR) is 64.4 cm³/mol. The number of carboxylic acid groups (broad SMARTS) is 1. The molecule has 1 N–H and O–H groups in total. The van der Waals surface area contributed by atoms with Crippen molar-refractivity contribution in [1.29, 1.82) is 0 Å². The molecule has 0 radical (unpaired) electrons. The summed E-state index contributed by atoms with van der Waals surface area (Å²) in [4.78, 5) is 13.5. The van der Waals surface area contributed by atoms with Gasteiger partial charge in [-0.25, -0.2) is 0 Å². The van der Waals surface area contributed by atoms with Crippen LogP contribution in [-0.2, 0) is 4.79 Å². The first-order valence-electron chi connectivity index (χ1n) is 5.51. The first-order chi connectivity index (χ1) is 6.99. The monoisotopic (exact) mass is 231 g/mol. The van der Waals surface area contributed by atoms with E-state index >= 15 is 0 Å². The highest BCUT2D eigenvalue weighted by atomic mass is 32.2. The third kappa shape index (κ3) is 2.88. The summed E-state index contributed by atoms with van der Waals surface area (Å²) >= 11 is 1.76. The molecular formula is C11H21NO2S. The Labute approximate surface area is 96.2 Å². The van der Waals surface area contributed by atoms with Crippen molar-refractivity contribution >= 4 is 17.7 Å². The van der Waals surface area contributed by atoms with Crippen molar-refractivity contribution in [3.05, 3.63) is 0 Å². The van der Waals surface area contributed by atoms with Gasteiger partial charge in [0.2, 0.25) is 0 Å². The first-order valence-corrected chi connectivity index (χ1v) is 6.67. The fourth-order valence-corrected chi connectivity index (χ4v) is 3.45. The van der Waals surface area contributed by atoms with Crippen molar-refractivity contribution < 1.29 is 9.90 Å². The van der Waals surface area contributed by atoms with Crippen LogP contribution in [0.2, 0.25) is 0 Å². The number of hydrogen-bond donors (Lipinski definition) is 1. The van der Waals surface area contributed by atoms with E-state index in [1.165, 1.54) is 0 Å². The van der Waals surface area contributed by atoms with E-state index in [9.17, 15) is 9.90 Å². The Morgan fingerprint density at radius 2 is 2.27 bits per heavy atom. The summed E-state index contributed by atoms with van der Waals surface area (Å²) in [5, 5.41) is 9.42. The van der Waals surface area contributed by atoms with Crippen molar-refractivity contribution in [3.63, 3.8) is 0 Å². The van der Waals surface area contributed by atoms with Crippen LogP contribution >= 0.6 is 11.8 Å². The van der Waals surface area contributed by atoms with E-state index in [1.807, 2.05) is 11.9 Å². The van der Waals surface area contributed by atoms with Gasteiger partial charge in [-0.3, -0.25) is 9.69 Å². The SMILES string of the molecule is CC(C)CN(C)C1(C(=O)O)CCCSC1. The van der Waals surface area contributed by atoms with Crippen molar-refractivity contribution in [2.24, 2.45) is 5.92 Å². The summed E-state index contributed by atoms with van der Waals surface area (Å²) in [7, 11) is 1.94. The molecule has 0 bridgehead atoms. The molecule has 1 aliphatic heterocycles. The Bertz CT molecular complexity index is 225. The second-order valence-electron chi connectivity index (χ2n) is 4.77. The molecule has 0 amide bonds. The molecule has 1 aliphatic rings. The van der Waals surface area contributed by atoms with Gasteiger partial charge >= 0.3 is 5.97 Å². The maximum absolute atomic E-state index is 11.4. The van der Waals surface area contributed by atoms with E-state index in [0.29, 0.717) is 5.92 Å². The van der Waals surface area contributed by atoms with Gasteiger partial charge in [0.15, 0.2) is 0 Å². The number of aliphatic carboxylic acids is 1. The highest BCUT2D eigenvalue weighted by Gasteiger charge is 2.43. The van der Waals surface area contributed by atoms with Crippen LogP contribution in [0.5, 0.6) is 0 Å². The number of likely N-dealkylation sites (N-methyl/N-ethyl adjacent to an activating group) is 1. The summed E-state index contributed by atoms with van der Waals surface area (Å²) in [6, 6.07) is 0. The molecule has 1 fully saturated rings. The van der Waals surface area contributed by atoms with Crippen LogP contribution in [0.15, 0.2) is 0 Å². The Morgan fingerprint density at radius 3 is 2.67 bits per heavy atom. The lowest BCUT2D eigenvalue weighted by molar-refractivity contribution is -0.150. The Balaban J connectivity index is 2.75. The van der Waals surface area contributed by atoms with Gasteiger partial charge in [-0.15, -0.1) is 0 Å². The van der Waals surface area contributed by atoms with Crippen molar-refractivity contribution in [1.82, 2.24) is 4.90 Å². The average Bonchev–Trinajstić information content (AvgIpc) is 2.17. The zero-order valence-corrected chi connectivity index (χ0v) is 10.6. The van der Waals surface area contributed by atoms with Crippen LogP contribution in [-0.4, -0.2) is 46.6 Å². The van der Waals surface area contributed by atoms with Gasteiger partial charge in [0.05, 0.1) is 0 Å². The maximum atomic E-state index is 11.4. The Kier molecular flexibility index (Phi) is 4.46. The van der Waals surface area contributed by atoms with E-state index in [2.05, 4.69) is 13.8 Å². The molecule has 1 unspecified atom stereocenters. The molecule has 0 aromatic carbocycles. The van der Waals surface area contributed by atoms with Crippen LogP contribution in [0.25, 0.3) is 0 Å². The van der Waals surface area contributed by atoms with Crippen LogP contribution < -0.4 is 0 Å². The fourth-order valence-electron chi connectivity index (χ4n) is 2.14. The fraction of sp³-hybridized carbons (Fsp3) is 0.909. The minimum Gasteiger partial charge on any atom is -0.480 e. The molecule has 1 atom stereocenters. The lowest BCUT2D eigenvalue weighted by Crippen LogP contribution is -2.57. The number of thioether (sulfide) groups is 1. The van der Waals surface area contributed by atoms with Crippen molar-refractivity contribution in [2.45, 2.75) is 32.2 Å². The van der Waals surface area contributed by atoms with E-state index in [1.54, 1.807) is 11.8 Å². The molecule has 0 aliphatic carbocycles. The van der Waals surface area contributed by atoms with Gasteiger partial charge in [0.25, 0.3) is 0 Å². The van der Waals surface area contributed by atoms with Crippen LogP contribution in [0.3, 0.4) is 0 Å². The number of nitrogens with zero attached hydrogens (tertiary/aromatic N) is 1. The molecule has 0 spiro atoms. The Hall–Kier alpha value is -0.220. The molecule has 1 rings (SSSR count). The molecule has 0 aromatic heterocycles. The molecule has 0 saturated carbocycles. The quantitative estimate of drug-likeness (QED) is 0.802. The summed E-state index contributed by atoms with van der Waals surface area (Å²) in [5.41, 5.74) is -0.618. The molecular weight excluding hydrogens is 210 g/mol. The molecule has 88 valence electrons. The third-order valence-corrected chi connectivity index (χ3v) is 4.25. The second-order valence-corrected chi connectivity index (χ2v) is 5.87. The molecule has 4 heteroatoms. The molecule has 0 aromatic rings. The lowest BCUT2D eigenvalue weighted by Gasteiger charge is -2.41. The lowest BCUT2D eigenvalue weighted by atomic mass is 9.92. The van der Waals surface area contributed by atoms with E-state index in [0.717, 1.165) is 30.9 Å². The maximum Gasteiger partial charge on any atom is 0.324 e. The summed E-state index contributed by atoms with van der Waals surface area (Å²) in [6.07, 6.45) is 1.80. The van der Waals surface area contributed by atoms with Gasteiger partial charge in [-0.05, 0) is 31.6 Å². The van der Waals surface area contributed by atoms with Crippen molar-refractivity contribution in [2.75, 3.05) is 25.1 Å². The summed E-state index contributed by atoms with van der Waals surface area (Å²) in [5.74, 6) is 1.69. The van der Waals surface area contributed by atoms with Gasteiger partial charge in [0.1, 0.15) is 5.54 Å². The van der Waals surface area contributed by atoms with Gasteiger partial charge in [-0.2, -0.15) is 11.8 Å². The zero-order chi connectivity index (χ0) is 11.5. The number of hydrogen-bond acceptors (Lipinski definition) is 3. The van der Waals surface area contributed by atoms with Gasteiger partial charge < -0.3 is 5.11 Å². The number of carboxylic acids is 1. The predicted octanol–water partition coefficient (Wildman–Crippen LogP) is 1.92. The third-order valence-electron chi connectivity index (χ3n) is 2.99. The van der Waals surface area contributed by atoms with E-state index < -0.39 is 11.5 Å². The topological polar surface area (TPSA) is 40.5 Å². The molecule has 3 nitrogen and oxygen atoms in total. The van der Waals surface area contributed by atoms with Crippen LogP contribution in [0.4, 0.5) is 0 Å². The van der Waals surface area contributed by atoms with E-state index in [4.69, 9.17) is 0 Å². The zero-order valence-electron chi connectivity index (χ0n) is 9.82. The van der Waals surface area contributed by atoms with Crippen molar-refractivity contribution in [3.8, 4) is 0 Å². The largest absolute Gasteiger partial charge is 0.480 e. The van der Waals surface area contributed by atoms with Gasteiger partial charge in [-0.1, -0.05) is 13.8 Å². The van der Waals surface area contributed by atoms with E-state index in [-0.39, 0.29) is 0 Å². The normalized spacial score (nSPS) is 27.3. The van der Waals surface area contributed by atoms with Crippen LogP contribution in [0.1, 0.15) is 26.7 Å². The summed E-state index contributed by atoms with van der Waals surface area (Å²) < 4.78 is 0. The smallest absolute Gasteiger partial charge is 0.324 e.